The van der Waals surface area contributed by atoms with Crippen LogP contribution in [0.1, 0.15) is 69.0 Å². The summed E-state index contributed by atoms with van der Waals surface area (Å²) in [6.07, 6.45) is 4.29. The highest BCUT2D eigenvalue weighted by molar-refractivity contribution is 6.00. The Bertz CT molecular complexity index is 1480. The zero-order chi connectivity index (χ0) is 30.8. The number of aliphatic hydroxyl groups excluding tert-OH is 1. The molecule has 0 radical (unpaired) electrons. The summed E-state index contributed by atoms with van der Waals surface area (Å²) in [5, 5.41) is 20.6. The second kappa shape index (κ2) is 15.0. The topological polar surface area (TPSA) is 125 Å². The molecule has 0 fully saturated rings. The number of nitrogens with zero attached hydrogens (tertiary/aromatic N) is 2. The Morgan fingerprint density at radius 2 is 1.56 bits per heavy atom. The summed E-state index contributed by atoms with van der Waals surface area (Å²) in [5.41, 5.74) is 4.13. The van der Waals surface area contributed by atoms with Gasteiger partial charge in [-0.15, -0.1) is 0 Å². The van der Waals surface area contributed by atoms with Gasteiger partial charge in [0.2, 0.25) is 0 Å². The number of hydrogen-bond acceptors (Lipinski definition) is 7. The normalized spacial score (nSPS) is 13.8. The lowest BCUT2D eigenvalue weighted by atomic mass is 9.99. The SMILES string of the molecule is COc1ccc([C@@H](C)NC[C@@H](O)[C@H](Cc2ccccc2)NC(=O)c2cc(C)cc(C(=O)NC(C)c3cnccn3)c2)cc1. The molecule has 9 nitrogen and oxygen atoms in total. The lowest BCUT2D eigenvalue weighted by Crippen LogP contribution is -2.49. The third-order valence-corrected chi connectivity index (χ3v) is 7.30. The highest BCUT2D eigenvalue weighted by atomic mass is 16.5. The molecule has 224 valence electrons. The van der Waals surface area contributed by atoms with Crippen LogP contribution in [0.5, 0.6) is 5.75 Å². The number of hydrogen-bond donors (Lipinski definition) is 4. The number of aryl methyl sites for hydroxylation is 1. The van der Waals surface area contributed by atoms with Crippen molar-refractivity contribution in [1.82, 2.24) is 25.9 Å². The molecule has 0 saturated heterocycles. The Morgan fingerprint density at radius 3 is 2.19 bits per heavy atom. The highest BCUT2D eigenvalue weighted by Gasteiger charge is 2.24. The van der Waals surface area contributed by atoms with E-state index >= 15 is 0 Å². The first-order valence-corrected chi connectivity index (χ1v) is 14.3. The second-order valence-electron chi connectivity index (χ2n) is 10.7. The summed E-state index contributed by atoms with van der Waals surface area (Å²) in [4.78, 5) is 34.9. The second-order valence-corrected chi connectivity index (χ2v) is 10.7. The average molecular weight is 582 g/mol. The first kappa shape index (κ1) is 31.3. The summed E-state index contributed by atoms with van der Waals surface area (Å²) in [7, 11) is 1.63. The molecule has 0 aliphatic carbocycles. The molecule has 0 saturated carbocycles. The monoisotopic (exact) mass is 581 g/mol. The first-order valence-electron chi connectivity index (χ1n) is 14.3. The van der Waals surface area contributed by atoms with E-state index in [1.807, 2.05) is 75.4 Å². The largest absolute Gasteiger partial charge is 0.497 e. The smallest absolute Gasteiger partial charge is 0.251 e. The standard InChI is InChI=1S/C34H39N5O4/c1-22-16-27(33(41)38-24(3)31-20-35-14-15-36-31)19-28(17-22)34(42)39-30(18-25-8-6-5-7-9-25)32(40)21-37-23(2)26-10-12-29(43-4)13-11-26/h5-17,19-20,23-24,30,32,37,40H,18,21H2,1-4H3,(H,38,41)(H,39,42)/t23-,24?,30+,32-/m1/s1. The molecule has 3 aromatic carbocycles. The minimum atomic E-state index is -0.884. The van der Waals surface area contributed by atoms with Crippen molar-refractivity contribution in [2.24, 2.45) is 0 Å². The summed E-state index contributed by atoms with van der Waals surface area (Å²) < 4.78 is 5.24. The van der Waals surface area contributed by atoms with Crippen LogP contribution in [0, 0.1) is 6.92 Å². The van der Waals surface area contributed by atoms with Gasteiger partial charge in [-0.1, -0.05) is 42.5 Å². The van der Waals surface area contributed by atoms with Crippen LogP contribution in [0.2, 0.25) is 0 Å². The molecule has 1 unspecified atom stereocenters. The van der Waals surface area contributed by atoms with Crippen molar-refractivity contribution in [3.8, 4) is 5.75 Å². The number of carbonyl (C=O) groups is 2. The lowest BCUT2D eigenvalue weighted by molar-refractivity contribution is 0.0825. The van der Waals surface area contributed by atoms with E-state index in [0.29, 0.717) is 23.2 Å². The number of ether oxygens (including phenoxy) is 1. The van der Waals surface area contributed by atoms with E-state index in [0.717, 1.165) is 22.4 Å². The van der Waals surface area contributed by atoms with Gasteiger partial charge in [0.15, 0.2) is 0 Å². The summed E-state index contributed by atoms with van der Waals surface area (Å²) in [5.74, 6) is 0.0785. The number of methoxy groups -OCH3 is 1. The Balaban J connectivity index is 1.46. The summed E-state index contributed by atoms with van der Waals surface area (Å²) >= 11 is 0. The van der Waals surface area contributed by atoms with Crippen molar-refractivity contribution in [3.05, 3.63) is 125 Å². The number of amides is 2. The Hall–Kier alpha value is -4.60. The van der Waals surface area contributed by atoms with Crippen LogP contribution in [0.3, 0.4) is 0 Å². The molecule has 4 N–H and O–H groups in total. The average Bonchev–Trinajstić information content (AvgIpc) is 3.03. The van der Waals surface area contributed by atoms with Gasteiger partial charge in [-0.2, -0.15) is 0 Å². The number of rotatable bonds is 13. The quantitative estimate of drug-likeness (QED) is 0.185. The molecule has 9 heteroatoms. The zero-order valence-electron chi connectivity index (χ0n) is 25.0. The van der Waals surface area contributed by atoms with Gasteiger partial charge in [-0.3, -0.25) is 19.6 Å². The van der Waals surface area contributed by atoms with Crippen LogP contribution in [0.25, 0.3) is 0 Å². The number of aliphatic hydroxyl groups is 1. The van der Waals surface area contributed by atoms with Gasteiger partial charge in [0, 0.05) is 36.1 Å². The molecule has 43 heavy (non-hydrogen) atoms. The molecule has 0 spiro atoms. The Kier molecular flexibility index (Phi) is 11.0. The highest BCUT2D eigenvalue weighted by Crippen LogP contribution is 2.18. The van der Waals surface area contributed by atoms with E-state index < -0.39 is 12.1 Å². The fourth-order valence-corrected chi connectivity index (χ4v) is 4.79. The van der Waals surface area contributed by atoms with Crippen molar-refractivity contribution >= 4 is 11.8 Å². The molecule has 1 aromatic heterocycles. The number of benzene rings is 3. The van der Waals surface area contributed by atoms with Crippen molar-refractivity contribution in [2.75, 3.05) is 13.7 Å². The van der Waals surface area contributed by atoms with Gasteiger partial charge in [0.1, 0.15) is 5.75 Å². The first-order chi connectivity index (χ1) is 20.7. The third kappa shape index (κ3) is 8.94. The lowest BCUT2D eigenvalue weighted by Gasteiger charge is -2.26. The molecule has 0 aliphatic rings. The van der Waals surface area contributed by atoms with Crippen LogP contribution in [-0.2, 0) is 6.42 Å². The zero-order valence-corrected chi connectivity index (χ0v) is 25.0. The minimum absolute atomic E-state index is 0.0317. The molecular weight excluding hydrogens is 542 g/mol. The van der Waals surface area contributed by atoms with Crippen molar-refractivity contribution in [1.29, 1.82) is 0 Å². The van der Waals surface area contributed by atoms with Crippen molar-refractivity contribution < 1.29 is 19.4 Å². The molecule has 0 aliphatic heterocycles. The van der Waals surface area contributed by atoms with Crippen LogP contribution >= 0.6 is 0 Å². The molecule has 4 aromatic rings. The summed E-state index contributed by atoms with van der Waals surface area (Å²) in [6.45, 7) is 5.93. The van der Waals surface area contributed by atoms with Gasteiger partial charge >= 0.3 is 0 Å². The van der Waals surface area contributed by atoms with Crippen molar-refractivity contribution in [2.45, 2.75) is 51.4 Å². The van der Waals surface area contributed by atoms with Crippen LogP contribution in [-0.4, -0.2) is 52.7 Å². The van der Waals surface area contributed by atoms with E-state index in [1.54, 1.807) is 43.9 Å². The molecule has 4 rings (SSSR count). The Labute approximate surface area is 252 Å². The molecular formula is C34H39N5O4. The van der Waals surface area contributed by atoms with Gasteiger partial charge in [-0.25, -0.2) is 0 Å². The number of nitrogens with one attached hydrogen (secondary N) is 3. The van der Waals surface area contributed by atoms with Gasteiger partial charge in [0.05, 0.1) is 37.2 Å². The van der Waals surface area contributed by atoms with E-state index in [-0.39, 0.29) is 30.4 Å². The van der Waals surface area contributed by atoms with Crippen molar-refractivity contribution in [3.63, 3.8) is 0 Å². The minimum Gasteiger partial charge on any atom is -0.497 e. The van der Waals surface area contributed by atoms with Gasteiger partial charge < -0.3 is 25.8 Å². The number of carbonyl (C=O) groups excluding carboxylic acids is 2. The van der Waals surface area contributed by atoms with E-state index in [1.165, 1.54) is 0 Å². The van der Waals surface area contributed by atoms with Gasteiger partial charge in [-0.05, 0) is 74.2 Å². The maximum Gasteiger partial charge on any atom is 0.251 e. The maximum absolute atomic E-state index is 13.5. The van der Waals surface area contributed by atoms with Crippen LogP contribution in [0.15, 0.2) is 91.4 Å². The van der Waals surface area contributed by atoms with E-state index in [2.05, 4.69) is 25.9 Å². The third-order valence-electron chi connectivity index (χ3n) is 7.30. The predicted molar refractivity (Wildman–Crippen MR) is 166 cm³/mol. The van der Waals surface area contributed by atoms with Crippen LogP contribution < -0.4 is 20.7 Å². The fraction of sp³-hybridized carbons (Fsp3) is 0.294. The Morgan fingerprint density at radius 1 is 0.884 bits per heavy atom. The van der Waals surface area contributed by atoms with Gasteiger partial charge in [0.25, 0.3) is 11.8 Å². The maximum atomic E-state index is 13.5. The van der Waals surface area contributed by atoms with E-state index in [4.69, 9.17) is 4.74 Å². The van der Waals surface area contributed by atoms with Crippen LogP contribution in [0.4, 0.5) is 0 Å². The van der Waals surface area contributed by atoms with E-state index in [9.17, 15) is 14.7 Å². The molecule has 4 atom stereocenters. The predicted octanol–water partition coefficient (Wildman–Crippen LogP) is 4.34. The molecule has 1 heterocycles. The number of aromatic nitrogens is 2. The summed E-state index contributed by atoms with van der Waals surface area (Å²) in [6, 6.07) is 21.5. The molecule has 0 bridgehead atoms. The fourth-order valence-electron chi connectivity index (χ4n) is 4.79. The molecule has 2 amide bonds.